The quantitative estimate of drug-likeness (QED) is 0.876. The molecule has 1 saturated heterocycles. The largest absolute Gasteiger partial charge is 0.316 e. The molecule has 0 amide bonds. The molecule has 2 atom stereocenters. The third-order valence-corrected chi connectivity index (χ3v) is 7.87. The lowest BCUT2D eigenvalue weighted by atomic mass is 9.95. The maximum Gasteiger partial charge on any atom is 0.264 e. The van der Waals surface area contributed by atoms with Crippen LogP contribution in [0, 0.1) is 5.92 Å². The standard InChI is InChI=1S/C21H26N2O2S/c1-15(2)16-4-10-20(11-5-16)26(24,25)23(3)19-8-6-17(7-9-19)21-12-18(21)13-22-14-21/h4-11,15,18,22H,12-14H2,1-3H3/t18-,21+/m0/s1. The van der Waals surface area contributed by atoms with Crippen LogP contribution in [-0.2, 0) is 15.4 Å². The van der Waals surface area contributed by atoms with E-state index >= 15 is 0 Å². The van der Waals surface area contributed by atoms with E-state index in [1.54, 1.807) is 19.2 Å². The Morgan fingerprint density at radius 3 is 2.23 bits per heavy atom. The van der Waals surface area contributed by atoms with Crippen LogP contribution in [0.15, 0.2) is 53.4 Å². The second-order valence-electron chi connectivity index (χ2n) is 7.93. The predicted octanol–water partition coefficient (Wildman–Crippen LogP) is 3.50. The van der Waals surface area contributed by atoms with E-state index in [1.807, 2.05) is 24.3 Å². The molecule has 2 aromatic carbocycles. The number of hydrogen-bond acceptors (Lipinski definition) is 3. The summed E-state index contributed by atoms with van der Waals surface area (Å²) < 4.78 is 27.3. The SMILES string of the molecule is CC(C)c1ccc(S(=O)(=O)N(C)c2ccc([C@@]34CNC[C@@H]3C4)cc2)cc1. The van der Waals surface area contributed by atoms with Gasteiger partial charge in [-0.05, 0) is 60.2 Å². The summed E-state index contributed by atoms with van der Waals surface area (Å²) >= 11 is 0. The number of fused-ring (bicyclic) bond motifs is 1. The summed E-state index contributed by atoms with van der Waals surface area (Å²) in [5, 5.41) is 3.45. The van der Waals surface area contributed by atoms with Gasteiger partial charge in [-0.3, -0.25) is 4.31 Å². The summed E-state index contributed by atoms with van der Waals surface area (Å²) in [5.41, 5.74) is 3.45. The van der Waals surface area contributed by atoms with Crippen LogP contribution in [0.3, 0.4) is 0 Å². The number of piperidine rings is 1. The normalized spacial score (nSPS) is 24.5. The van der Waals surface area contributed by atoms with Crippen molar-refractivity contribution >= 4 is 15.7 Å². The Kier molecular flexibility index (Phi) is 4.12. The van der Waals surface area contributed by atoms with Gasteiger partial charge >= 0.3 is 0 Å². The zero-order valence-corrected chi connectivity index (χ0v) is 16.4. The van der Waals surface area contributed by atoms with E-state index in [2.05, 4.69) is 31.3 Å². The molecule has 1 aliphatic carbocycles. The zero-order chi connectivity index (χ0) is 18.5. The number of rotatable bonds is 5. The van der Waals surface area contributed by atoms with E-state index in [9.17, 15) is 8.42 Å². The van der Waals surface area contributed by atoms with E-state index in [-0.39, 0.29) is 0 Å². The van der Waals surface area contributed by atoms with Crippen molar-refractivity contribution in [2.45, 2.75) is 36.5 Å². The maximum absolute atomic E-state index is 12.9. The average molecular weight is 371 g/mol. The van der Waals surface area contributed by atoms with E-state index < -0.39 is 10.0 Å². The molecule has 1 N–H and O–H groups in total. The van der Waals surface area contributed by atoms with E-state index in [0.717, 1.165) is 24.6 Å². The lowest BCUT2D eigenvalue weighted by Gasteiger charge is -2.21. The first-order valence-electron chi connectivity index (χ1n) is 9.25. The highest BCUT2D eigenvalue weighted by Gasteiger charge is 2.57. The monoisotopic (exact) mass is 370 g/mol. The van der Waals surface area contributed by atoms with Crippen LogP contribution >= 0.6 is 0 Å². The number of benzene rings is 2. The summed E-state index contributed by atoms with van der Waals surface area (Å²) in [6.07, 6.45) is 1.25. The minimum atomic E-state index is -3.55. The smallest absolute Gasteiger partial charge is 0.264 e. The van der Waals surface area contributed by atoms with Crippen molar-refractivity contribution in [3.63, 3.8) is 0 Å². The molecular formula is C21H26N2O2S. The Morgan fingerprint density at radius 2 is 1.73 bits per heavy atom. The number of nitrogens with zero attached hydrogens (tertiary/aromatic N) is 1. The number of sulfonamides is 1. The lowest BCUT2D eigenvalue weighted by Crippen LogP contribution is -2.26. The van der Waals surface area contributed by atoms with Gasteiger partial charge in [0.15, 0.2) is 0 Å². The number of anilines is 1. The fraction of sp³-hybridized carbons (Fsp3) is 0.429. The molecule has 5 heteroatoms. The maximum atomic E-state index is 12.9. The Labute approximate surface area is 156 Å². The van der Waals surface area contributed by atoms with Gasteiger partial charge in [0.05, 0.1) is 10.6 Å². The summed E-state index contributed by atoms with van der Waals surface area (Å²) in [7, 11) is -1.93. The minimum absolute atomic E-state index is 0.294. The van der Waals surface area contributed by atoms with E-state index in [1.165, 1.54) is 16.3 Å². The van der Waals surface area contributed by atoms with Gasteiger partial charge in [0.1, 0.15) is 0 Å². The topological polar surface area (TPSA) is 49.4 Å². The third kappa shape index (κ3) is 2.74. The van der Waals surface area contributed by atoms with Gasteiger partial charge in [0.25, 0.3) is 10.0 Å². The minimum Gasteiger partial charge on any atom is -0.316 e. The Morgan fingerprint density at radius 1 is 1.08 bits per heavy atom. The van der Waals surface area contributed by atoms with Crippen LogP contribution in [0.4, 0.5) is 5.69 Å². The van der Waals surface area contributed by atoms with Crippen molar-refractivity contribution in [3.05, 3.63) is 59.7 Å². The van der Waals surface area contributed by atoms with Crippen molar-refractivity contribution < 1.29 is 8.42 Å². The molecule has 0 bridgehead atoms. The van der Waals surface area contributed by atoms with Crippen molar-refractivity contribution in [2.75, 3.05) is 24.4 Å². The molecule has 0 aromatic heterocycles. The van der Waals surface area contributed by atoms with Crippen LogP contribution in [-0.4, -0.2) is 28.6 Å². The van der Waals surface area contributed by atoms with Gasteiger partial charge in [0.2, 0.25) is 0 Å². The first kappa shape index (κ1) is 17.6. The van der Waals surface area contributed by atoms with E-state index in [4.69, 9.17) is 0 Å². The van der Waals surface area contributed by atoms with Gasteiger partial charge < -0.3 is 5.32 Å². The average Bonchev–Trinajstić information content (AvgIpc) is 3.22. The van der Waals surface area contributed by atoms with Crippen LogP contribution in [0.5, 0.6) is 0 Å². The summed E-state index contributed by atoms with van der Waals surface area (Å²) in [6, 6.07) is 15.2. The second-order valence-corrected chi connectivity index (χ2v) is 9.90. The van der Waals surface area contributed by atoms with Crippen LogP contribution in [0.1, 0.15) is 37.3 Å². The van der Waals surface area contributed by atoms with Crippen molar-refractivity contribution in [1.29, 1.82) is 0 Å². The molecule has 26 heavy (non-hydrogen) atoms. The summed E-state index contributed by atoms with van der Waals surface area (Å²) in [4.78, 5) is 0.328. The fourth-order valence-corrected chi connectivity index (χ4v) is 5.31. The number of hydrogen-bond donors (Lipinski definition) is 1. The van der Waals surface area contributed by atoms with Crippen molar-refractivity contribution in [3.8, 4) is 0 Å². The highest BCUT2D eigenvalue weighted by atomic mass is 32.2. The van der Waals surface area contributed by atoms with Crippen LogP contribution in [0.25, 0.3) is 0 Å². The Hall–Kier alpha value is -1.85. The van der Waals surface area contributed by atoms with Crippen LogP contribution < -0.4 is 9.62 Å². The molecular weight excluding hydrogens is 344 g/mol. The molecule has 2 fully saturated rings. The summed E-state index contributed by atoms with van der Waals surface area (Å²) in [5.74, 6) is 1.13. The first-order valence-corrected chi connectivity index (χ1v) is 10.7. The van der Waals surface area contributed by atoms with Gasteiger partial charge in [-0.15, -0.1) is 0 Å². The fourth-order valence-electron chi connectivity index (χ4n) is 4.11. The van der Waals surface area contributed by atoms with Crippen LogP contribution in [0.2, 0.25) is 0 Å². The first-order chi connectivity index (χ1) is 12.3. The highest BCUT2D eigenvalue weighted by molar-refractivity contribution is 7.92. The molecule has 2 aromatic rings. The zero-order valence-electron chi connectivity index (χ0n) is 15.6. The summed E-state index contributed by atoms with van der Waals surface area (Å²) in [6.45, 7) is 6.33. The second kappa shape index (κ2) is 6.10. The van der Waals surface area contributed by atoms with Crippen molar-refractivity contribution in [2.24, 2.45) is 5.92 Å². The molecule has 4 nitrogen and oxygen atoms in total. The molecule has 0 radical (unpaired) electrons. The predicted molar refractivity (Wildman–Crippen MR) is 105 cm³/mol. The molecule has 1 saturated carbocycles. The highest BCUT2D eigenvalue weighted by Crippen LogP contribution is 2.56. The van der Waals surface area contributed by atoms with E-state index in [0.29, 0.717) is 21.9 Å². The molecule has 138 valence electrons. The van der Waals surface area contributed by atoms with Gasteiger partial charge in [0, 0.05) is 19.0 Å². The molecule has 0 unspecified atom stereocenters. The molecule has 4 rings (SSSR count). The van der Waals surface area contributed by atoms with Crippen molar-refractivity contribution in [1.82, 2.24) is 5.32 Å². The number of nitrogens with one attached hydrogen (secondary N) is 1. The third-order valence-electron chi connectivity index (χ3n) is 6.07. The van der Waals surface area contributed by atoms with Gasteiger partial charge in [-0.25, -0.2) is 8.42 Å². The molecule has 1 heterocycles. The molecule has 2 aliphatic rings. The van der Waals surface area contributed by atoms with Gasteiger partial charge in [-0.1, -0.05) is 38.1 Å². The molecule has 1 aliphatic heterocycles. The molecule has 0 spiro atoms. The van der Waals surface area contributed by atoms with Gasteiger partial charge in [-0.2, -0.15) is 0 Å². The lowest BCUT2D eigenvalue weighted by molar-refractivity contribution is 0.594. The Balaban J connectivity index is 1.57. The Bertz CT molecular complexity index is 904.